The van der Waals surface area contributed by atoms with Crippen molar-refractivity contribution in [1.82, 2.24) is 4.90 Å². The van der Waals surface area contributed by atoms with Gasteiger partial charge >= 0.3 is 0 Å². The Balaban J connectivity index is 2.10. The number of nitrogens with zero attached hydrogens (tertiary/aromatic N) is 1. The molecule has 0 spiro atoms. The first-order valence-corrected chi connectivity index (χ1v) is 6.14. The Morgan fingerprint density at radius 3 is 2.93 bits per heavy atom. The van der Waals surface area contributed by atoms with Crippen molar-refractivity contribution in [2.75, 3.05) is 19.8 Å². The van der Waals surface area contributed by atoms with Crippen LogP contribution in [0.15, 0.2) is 0 Å². The van der Waals surface area contributed by atoms with Crippen LogP contribution >= 0.6 is 0 Å². The molecule has 86 valence electrons. The second kappa shape index (κ2) is 4.62. The number of hydrogen-bond acceptors (Lipinski definition) is 3. The molecule has 0 aromatic rings. The molecular weight excluding hydrogens is 190 g/mol. The molecule has 2 heterocycles. The van der Waals surface area contributed by atoms with E-state index in [-0.39, 0.29) is 6.04 Å². The van der Waals surface area contributed by atoms with E-state index in [2.05, 4.69) is 11.8 Å². The van der Waals surface area contributed by atoms with E-state index in [4.69, 9.17) is 4.74 Å². The summed E-state index contributed by atoms with van der Waals surface area (Å²) >= 11 is 0. The lowest BCUT2D eigenvalue weighted by Gasteiger charge is -2.32. The van der Waals surface area contributed by atoms with E-state index in [9.17, 15) is 4.79 Å². The van der Waals surface area contributed by atoms with Gasteiger partial charge in [-0.25, -0.2) is 0 Å². The molecule has 0 aromatic carbocycles. The number of likely N-dealkylation sites (tertiary alicyclic amines) is 1. The number of carbonyl (C=O) groups excluding carboxylic acids is 1. The highest BCUT2D eigenvalue weighted by Gasteiger charge is 2.43. The molecule has 3 nitrogen and oxygen atoms in total. The molecule has 2 aliphatic rings. The van der Waals surface area contributed by atoms with Crippen LogP contribution in [0.2, 0.25) is 0 Å². The largest absolute Gasteiger partial charge is 0.380 e. The summed E-state index contributed by atoms with van der Waals surface area (Å²) in [6.07, 6.45) is 2.87. The zero-order chi connectivity index (χ0) is 10.8. The molecule has 0 bridgehead atoms. The standard InChI is InChI=1S/C12H21NO2/c1-3-12(14)10-7-9-5-6-15-8-11(9)13(10)4-2/h9-11H,3-8H2,1-2H3. The molecule has 0 radical (unpaired) electrons. The number of carbonyl (C=O) groups is 1. The van der Waals surface area contributed by atoms with E-state index < -0.39 is 0 Å². The molecule has 3 heteroatoms. The summed E-state index contributed by atoms with van der Waals surface area (Å²) in [4.78, 5) is 14.2. The highest BCUT2D eigenvalue weighted by molar-refractivity contribution is 5.84. The Morgan fingerprint density at radius 1 is 1.47 bits per heavy atom. The van der Waals surface area contributed by atoms with Gasteiger partial charge in [0.05, 0.1) is 12.6 Å². The first-order valence-electron chi connectivity index (χ1n) is 6.14. The van der Waals surface area contributed by atoms with Crippen LogP contribution in [0.4, 0.5) is 0 Å². The normalized spacial score (nSPS) is 36.5. The summed E-state index contributed by atoms with van der Waals surface area (Å²) in [5, 5.41) is 0. The molecule has 2 saturated heterocycles. The minimum absolute atomic E-state index is 0.177. The first kappa shape index (κ1) is 11.1. The van der Waals surface area contributed by atoms with Gasteiger partial charge in [0.2, 0.25) is 0 Å². The quantitative estimate of drug-likeness (QED) is 0.708. The third kappa shape index (κ3) is 1.95. The fraction of sp³-hybridized carbons (Fsp3) is 0.917. The predicted octanol–water partition coefficient (Wildman–Crippen LogP) is 1.46. The van der Waals surface area contributed by atoms with E-state index in [1.165, 1.54) is 0 Å². The zero-order valence-electron chi connectivity index (χ0n) is 9.74. The van der Waals surface area contributed by atoms with Gasteiger partial charge < -0.3 is 4.74 Å². The van der Waals surface area contributed by atoms with Gasteiger partial charge in [0, 0.05) is 19.1 Å². The molecular formula is C12H21NO2. The average Bonchev–Trinajstić information content (AvgIpc) is 2.66. The Hall–Kier alpha value is -0.410. The van der Waals surface area contributed by atoms with Gasteiger partial charge in [-0.15, -0.1) is 0 Å². The first-order chi connectivity index (χ1) is 7.27. The van der Waals surface area contributed by atoms with E-state index in [1.807, 2.05) is 6.92 Å². The number of likely N-dealkylation sites (N-methyl/N-ethyl adjacent to an activating group) is 1. The average molecular weight is 211 g/mol. The number of rotatable bonds is 3. The fourth-order valence-electron chi connectivity index (χ4n) is 3.07. The van der Waals surface area contributed by atoms with Crippen LogP contribution in [-0.2, 0) is 9.53 Å². The van der Waals surface area contributed by atoms with Crippen LogP contribution in [0.1, 0.15) is 33.1 Å². The molecule has 0 aliphatic carbocycles. The van der Waals surface area contributed by atoms with Gasteiger partial charge in [0.15, 0.2) is 0 Å². The maximum Gasteiger partial charge on any atom is 0.149 e. The Labute approximate surface area is 91.8 Å². The summed E-state index contributed by atoms with van der Waals surface area (Å²) in [7, 11) is 0. The topological polar surface area (TPSA) is 29.5 Å². The summed E-state index contributed by atoms with van der Waals surface area (Å²) in [5.74, 6) is 1.10. The number of Topliss-reactive ketones (excluding diaryl/α,β-unsaturated/α-hetero) is 1. The SMILES string of the molecule is CCC(=O)C1CC2CCOCC2N1CC. The maximum atomic E-state index is 11.8. The molecule has 3 atom stereocenters. The van der Waals surface area contributed by atoms with Gasteiger partial charge in [-0.1, -0.05) is 13.8 Å². The summed E-state index contributed by atoms with van der Waals surface area (Å²) in [6.45, 7) is 6.79. The van der Waals surface area contributed by atoms with E-state index in [0.717, 1.165) is 32.6 Å². The summed E-state index contributed by atoms with van der Waals surface area (Å²) in [5.41, 5.74) is 0. The molecule has 15 heavy (non-hydrogen) atoms. The molecule has 2 aliphatic heterocycles. The van der Waals surface area contributed by atoms with Crippen molar-refractivity contribution in [2.45, 2.75) is 45.2 Å². The van der Waals surface area contributed by atoms with E-state index >= 15 is 0 Å². The van der Waals surface area contributed by atoms with Crippen molar-refractivity contribution in [2.24, 2.45) is 5.92 Å². The van der Waals surface area contributed by atoms with E-state index in [1.54, 1.807) is 0 Å². The van der Waals surface area contributed by atoms with Gasteiger partial charge in [0.25, 0.3) is 0 Å². The Kier molecular flexibility index (Phi) is 3.42. The lowest BCUT2D eigenvalue weighted by molar-refractivity contribution is -0.123. The molecule has 0 amide bonds. The molecule has 3 unspecified atom stereocenters. The second-order valence-electron chi connectivity index (χ2n) is 4.59. The monoisotopic (exact) mass is 211 g/mol. The van der Waals surface area contributed by atoms with Crippen molar-refractivity contribution < 1.29 is 9.53 Å². The molecule has 0 saturated carbocycles. The van der Waals surface area contributed by atoms with Gasteiger partial charge in [-0.2, -0.15) is 0 Å². The fourth-order valence-corrected chi connectivity index (χ4v) is 3.07. The predicted molar refractivity (Wildman–Crippen MR) is 58.8 cm³/mol. The smallest absolute Gasteiger partial charge is 0.149 e. The number of fused-ring (bicyclic) bond motifs is 1. The van der Waals surface area contributed by atoms with Crippen LogP contribution in [0, 0.1) is 5.92 Å². The molecule has 0 aromatic heterocycles. The minimum atomic E-state index is 0.177. The highest BCUT2D eigenvalue weighted by atomic mass is 16.5. The second-order valence-corrected chi connectivity index (χ2v) is 4.59. The van der Waals surface area contributed by atoms with E-state index in [0.29, 0.717) is 24.2 Å². The molecule has 2 rings (SSSR count). The summed E-state index contributed by atoms with van der Waals surface area (Å²) in [6, 6.07) is 0.681. The molecule has 0 N–H and O–H groups in total. The number of ether oxygens (including phenoxy) is 1. The number of hydrogen-bond donors (Lipinski definition) is 0. The van der Waals surface area contributed by atoms with Crippen LogP contribution in [0.3, 0.4) is 0 Å². The van der Waals surface area contributed by atoms with Gasteiger partial charge in [0.1, 0.15) is 5.78 Å². The van der Waals surface area contributed by atoms with Crippen LogP contribution < -0.4 is 0 Å². The molecule has 2 fully saturated rings. The van der Waals surface area contributed by atoms with Crippen molar-refractivity contribution in [1.29, 1.82) is 0 Å². The Morgan fingerprint density at radius 2 is 2.27 bits per heavy atom. The Bertz CT molecular complexity index is 242. The lowest BCUT2D eigenvalue weighted by atomic mass is 9.93. The lowest BCUT2D eigenvalue weighted by Crippen LogP contribution is -2.44. The van der Waals surface area contributed by atoms with Crippen LogP contribution in [0.25, 0.3) is 0 Å². The van der Waals surface area contributed by atoms with Crippen LogP contribution in [0.5, 0.6) is 0 Å². The van der Waals surface area contributed by atoms with Crippen molar-refractivity contribution in [3.63, 3.8) is 0 Å². The minimum Gasteiger partial charge on any atom is -0.380 e. The third-order valence-corrected chi connectivity index (χ3v) is 3.90. The van der Waals surface area contributed by atoms with Crippen LogP contribution in [-0.4, -0.2) is 42.5 Å². The summed E-state index contributed by atoms with van der Waals surface area (Å²) < 4.78 is 5.52. The zero-order valence-corrected chi connectivity index (χ0v) is 9.74. The van der Waals surface area contributed by atoms with Crippen molar-refractivity contribution in [3.05, 3.63) is 0 Å². The third-order valence-electron chi connectivity index (χ3n) is 3.90. The van der Waals surface area contributed by atoms with Gasteiger partial charge in [-0.3, -0.25) is 9.69 Å². The number of ketones is 1. The van der Waals surface area contributed by atoms with Crippen molar-refractivity contribution >= 4 is 5.78 Å². The van der Waals surface area contributed by atoms with Crippen molar-refractivity contribution in [3.8, 4) is 0 Å². The maximum absolute atomic E-state index is 11.8. The van der Waals surface area contributed by atoms with Gasteiger partial charge in [-0.05, 0) is 25.3 Å². The highest BCUT2D eigenvalue weighted by Crippen LogP contribution is 2.35.